The highest BCUT2D eigenvalue weighted by Gasteiger charge is 2.42. The molecule has 0 aliphatic carbocycles. The van der Waals surface area contributed by atoms with Crippen LogP contribution < -0.4 is 0 Å². The molecule has 0 aromatic carbocycles. The number of hydrogen-bond acceptors (Lipinski definition) is 2. The molecule has 0 radical (unpaired) electrons. The lowest BCUT2D eigenvalue weighted by Crippen LogP contribution is -2.50. The quantitative estimate of drug-likeness (QED) is 0.648. The van der Waals surface area contributed by atoms with Gasteiger partial charge in [0.1, 0.15) is 0 Å². The molecule has 1 heterocycles. The summed E-state index contributed by atoms with van der Waals surface area (Å²) in [4.78, 5) is 0. The average Bonchev–Trinajstić information content (AvgIpc) is 2.28. The maximum atomic E-state index is 5.76. The van der Waals surface area contributed by atoms with E-state index in [1.54, 1.807) is 7.11 Å². The van der Waals surface area contributed by atoms with Crippen LogP contribution in [0, 0.1) is 48.9 Å². The van der Waals surface area contributed by atoms with Gasteiger partial charge in [0.25, 0.3) is 0 Å². The number of rotatable bonds is 2. The van der Waals surface area contributed by atoms with Gasteiger partial charge in [-0.05, 0) is 6.92 Å². The summed E-state index contributed by atoms with van der Waals surface area (Å²) >= 11 is 0. The van der Waals surface area contributed by atoms with Crippen LogP contribution in [-0.4, -0.2) is 25.4 Å². The van der Waals surface area contributed by atoms with Gasteiger partial charge in [-0.15, -0.1) is 25.2 Å². The average molecular weight is 216 g/mol. The SMILES string of the molecule is C#CCC1OC(C)C(C#C)C(C#C)C1OC. The molecule has 84 valence electrons. The monoisotopic (exact) mass is 216 g/mol. The third-order valence-electron chi connectivity index (χ3n) is 2.98. The van der Waals surface area contributed by atoms with Crippen LogP contribution in [0.25, 0.3) is 0 Å². The predicted octanol–water partition coefficient (Wildman–Crippen LogP) is 1.31. The van der Waals surface area contributed by atoms with E-state index in [1.807, 2.05) is 6.92 Å². The Balaban J connectivity index is 2.95. The Morgan fingerprint density at radius 1 is 1.19 bits per heavy atom. The molecular weight excluding hydrogens is 200 g/mol. The minimum atomic E-state index is -0.224. The molecule has 0 N–H and O–H groups in total. The lowest BCUT2D eigenvalue weighted by Gasteiger charge is -2.41. The first-order valence-corrected chi connectivity index (χ1v) is 5.23. The molecule has 5 atom stereocenters. The van der Waals surface area contributed by atoms with Crippen LogP contribution in [0.4, 0.5) is 0 Å². The molecule has 5 unspecified atom stereocenters. The molecule has 2 heteroatoms. The summed E-state index contributed by atoms with van der Waals surface area (Å²) in [7, 11) is 1.60. The van der Waals surface area contributed by atoms with Gasteiger partial charge in [0.05, 0.1) is 30.1 Å². The molecular formula is C14H16O2. The second-order valence-electron chi connectivity index (χ2n) is 3.87. The van der Waals surface area contributed by atoms with Crippen LogP contribution in [0.3, 0.4) is 0 Å². The van der Waals surface area contributed by atoms with Crippen molar-refractivity contribution in [3.05, 3.63) is 0 Å². The van der Waals surface area contributed by atoms with Crippen LogP contribution in [0.2, 0.25) is 0 Å². The maximum absolute atomic E-state index is 5.76. The Morgan fingerprint density at radius 2 is 1.81 bits per heavy atom. The second-order valence-corrected chi connectivity index (χ2v) is 3.87. The van der Waals surface area contributed by atoms with Crippen molar-refractivity contribution in [3.8, 4) is 37.0 Å². The Bertz CT molecular complexity index is 352. The van der Waals surface area contributed by atoms with Gasteiger partial charge in [0, 0.05) is 13.5 Å². The van der Waals surface area contributed by atoms with Crippen LogP contribution >= 0.6 is 0 Å². The van der Waals surface area contributed by atoms with Crippen molar-refractivity contribution >= 4 is 0 Å². The number of methoxy groups -OCH3 is 1. The van der Waals surface area contributed by atoms with Crippen molar-refractivity contribution in [3.63, 3.8) is 0 Å². The minimum Gasteiger partial charge on any atom is -0.377 e. The van der Waals surface area contributed by atoms with E-state index in [2.05, 4.69) is 17.8 Å². The first-order chi connectivity index (χ1) is 7.69. The Hall–Kier alpha value is -1.40. The molecule has 1 rings (SSSR count). The van der Waals surface area contributed by atoms with Crippen molar-refractivity contribution in [2.45, 2.75) is 31.7 Å². The molecule has 0 aromatic heterocycles. The molecule has 1 saturated heterocycles. The highest BCUT2D eigenvalue weighted by atomic mass is 16.5. The van der Waals surface area contributed by atoms with Crippen LogP contribution in [0.5, 0.6) is 0 Å². The van der Waals surface area contributed by atoms with Gasteiger partial charge in [-0.25, -0.2) is 0 Å². The van der Waals surface area contributed by atoms with Gasteiger partial charge in [0.2, 0.25) is 0 Å². The molecule has 0 spiro atoms. The summed E-state index contributed by atoms with van der Waals surface area (Å²) in [5.41, 5.74) is 0. The topological polar surface area (TPSA) is 18.5 Å². The van der Waals surface area contributed by atoms with E-state index in [0.29, 0.717) is 6.42 Å². The summed E-state index contributed by atoms with van der Waals surface area (Å²) in [5.74, 6) is 7.70. The lowest BCUT2D eigenvalue weighted by molar-refractivity contribution is -0.153. The van der Waals surface area contributed by atoms with Crippen molar-refractivity contribution in [1.82, 2.24) is 0 Å². The van der Waals surface area contributed by atoms with Crippen molar-refractivity contribution < 1.29 is 9.47 Å². The zero-order valence-corrected chi connectivity index (χ0v) is 9.64. The molecule has 0 amide bonds. The summed E-state index contributed by atoms with van der Waals surface area (Å²) in [6.45, 7) is 1.92. The highest BCUT2D eigenvalue weighted by molar-refractivity contribution is 5.15. The van der Waals surface area contributed by atoms with Gasteiger partial charge < -0.3 is 9.47 Å². The van der Waals surface area contributed by atoms with Gasteiger partial charge >= 0.3 is 0 Å². The lowest BCUT2D eigenvalue weighted by atomic mass is 9.79. The molecule has 0 saturated carbocycles. The Morgan fingerprint density at radius 3 is 2.25 bits per heavy atom. The van der Waals surface area contributed by atoms with Crippen molar-refractivity contribution in [2.75, 3.05) is 7.11 Å². The molecule has 16 heavy (non-hydrogen) atoms. The third kappa shape index (κ3) is 2.23. The predicted molar refractivity (Wildman–Crippen MR) is 63.2 cm³/mol. The molecule has 0 aromatic rings. The summed E-state index contributed by atoms with van der Waals surface area (Å²) in [5, 5.41) is 0. The van der Waals surface area contributed by atoms with E-state index < -0.39 is 0 Å². The number of ether oxygens (including phenoxy) is 2. The van der Waals surface area contributed by atoms with E-state index in [0.717, 1.165) is 0 Å². The van der Waals surface area contributed by atoms with Gasteiger partial charge in [0.15, 0.2) is 0 Å². The van der Waals surface area contributed by atoms with E-state index in [-0.39, 0.29) is 30.1 Å². The first kappa shape index (κ1) is 12.7. The van der Waals surface area contributed by atoms with Crippen LogP contribution in [-0.2, 0) is 9.47 Å². The standard InChI is InChI=1S/C14H16O2/c1-6-9-13-14(15-5)12(8-3)11(7-2)10(4)16-13/h1-3,10-14H,9H2,4-5H3. The van der Waals surface area contributed by atoms with E-state index in [1.165, 1.54) is 0 Å². The van der Waals surface area contributed by atoms with Gasteiger partial charge in [-0.2, -0.15) is 0 Å². The zero-order chi connectivity index (χ0) is 12.1. The molecule has 1 fully saturated rings. The zero-order valence-electron chi connectivity index (χ0n) is 9.64. The molecule has 1 aliphatic heterocycles. The fourth-order valence-corrected chi connectivity index (χ4v) is 2.18. The first-order valence-electron chi connectivity index (χ1n) is 5.23. The van der Waals surface area contributed by atoms with Crippen molar-refractivity contribution in [1.29, 1.82) is 0 Å². The summed E-state index contributed by atoms with van der Waals surface area (Å²) < 4.78 is 11.1. The van der Waals surface area contributed by atoms with Crippen molar-refractivity contribution in [2.24, 2.45) is 11.8 Å². The van der Waals surface area contributed by atoms with E-state index in [4.69, 9.17) is 28.7 Å². The van der Waals surface area contributed by atoms with E-state index >= 15 is 0 Å². The molecule has 1 aliphatic rings. The third-order valence-corrected chi connectivity index (χ3v) is 2.98. The van der Waals surface area contributed by atoms with Crippen LogP contribution in [0.15, 0.2) is 0 Å². The maximum Gasteiger partial charge on any atom is 0.0992 e. The van der Waals surface area contributed by atoms with Gasteiger partial charge in [-0.1, -0.05) is 11.8 Å². The second kappa shape index (κ2) is 5.62. The fraction of sp³-hybridized carbons (Fsp3) is 0.571. The van der Waals surface area contributed by atoms with Gasteiger partial charge in [-0.3, -0.25) is 0 Å². The number of hydrogen-bond donors (Lipinski definition) is 0. The normalized spacial score (nSPS) is 38.1. The fourth-order valence-electron chi connectivity index (χ4n) is 2.18. The Labute approximate surface area is 97.7 Å². The van der Waals surface area contributed by atoms with Crippen LogP contribution in [0.1, 0.15) is 13.3 Å². The molecule has 2 nitrogen and oxygen atoms in total. The minimum absolute atomic E-state index is 0.0872. The molecule has 0 bridgehead atoms. The summed E-state index contributed by atoms with van der Waals surface area (Å²) in [6.07, 6.45) is 16.3. The Kier molecular flexibility index (Phi) is 4.45. The van der Waals surface area contributed by atoms with E-state index in [9.17, 15) is 0 Å². The largest absolute Gasteiger partial charge is 0.377 e. The smallest absolute Gasteiger partial charge is 0.0992 e. The summed E-state index contributed by atoms with van der Waals surface area (Å²) in [6, 6.07) is 0. The number of terminal acetylenes is 3. The highest BCUT2D eigenvalue weighted by Crippen LogP contribution is 2.33.